The number of carbonyl (C=O) groups is 2. The summed E-state index contributed by atoms with van der Waals surface area (Å²) in [6.07, 6.45) is 6.76. The first-order valence-corrected chi connectivity index (χ1v) is 14.7. The highest BCUT2D eigenvalue weighted by Gasteiger charge is 2.65. The number of ketones is 1. The molecular weight excluding hydrogens is 426 g/mol. The SMILES string of the molecule is C=C[C@]1(C)C(O[Si](C)(C)C(C)(C)C)=C[C@H]2C(=O)[C@]1(C=O)c1cccc3c1c(cn3C)C2(C)C. The van der Waals surface area contributed by atoms with Gasteiger partial charge in [-0.05, 0) is 48.3 Å². The van der Waals surface area contributed by atoms with Gasteiger partial charge in [0, 0.05) is 35.5 Å². The minimum absolute atomic E-state index is 0.0311. The van der Waals surface area contributed by atoms with Crippen LogP contribution in [0, 0.1) is 11.3 Å². The summed E-state index contributed by atoms with van der Waals surface area (Å²) in [6.45, 7) is 21.3. The third-order valence-electron chi connectivity index (χ3n) is 8.99. The maximum atomic E-state index is 14.4. The number of carbonyl (C=O) groups excluding carboxylic acids is 2. The Morgan fingerprint density at radius 1 is 1.15 bits per heavy atom. The summed E-state index contributed by atoms with van der Waals surface area (Å²) in [4.78, 5) is 27.7. The number of rotatable bonds is 4. The molecule has 1 aromatic heterocycles. The molecule has 0 unspecified atom stereocenters. The molecule has 1 heterocycles. The Morgan fingerprint density at radius 3 is 2.33 bits per heavy atom. The van der Waals surface area contributed by atoms with E-state index < -0.39 is 30.5 Å². The van der Waals surface area contributed by atoms with Crippen LogP contribution in [0.5, 0.6) is 0 Å². The topological polar surface area (TPSA) is 48.3 Å². The Morgan fingerprint density at radius 2 is 1.79 bits per heavy atom. The smallest absolute Gasteiger partial charge is 0.250 e. The summed E-state index contributed by atoms with van der Waals surface area (Å²) in [6, 6.07) is 5.96. The van der Waals surface area contributed by atoms with E-state index in [1.807, 2.05) is 32.2 Å². The zero-order chi connectivity index (χ0) is 24.8. The van der Waals surface area contributed by atoms with Crippen molar-refractivity contribution in [3.8, 4) is 0 Å². The number of Topliss-reactive ketones (excluding diaryl/α,β-unsaturated/α-hetero) is 1. The van der Waals surface area contributed by atoms with Crippen molar-refractivity contribution >= 4 is 31.3 Å². The van der Waals surface area contributed by atoms with Gasteiger partial charge in [-0.2, -0.15) is 0 Å². The van der Waals surface area contributed by atoms with E-state index in [2.05, 4.69) is 71.1 Å². The molecule has 0 amide bonds. The lowest BCUT2D eigenvalue weighted by Gasteiger charge is -2.51. The molecule has 0 fully saturated rings. The van der Waals surface area contributed by atoms with Crippen LogP contribution < -0.4 is 0 Å². The fourth-order valence-corrected chi connectivity index (χ4v) is 6.68. The number of nitrogens with zero attached hydrogens (tertiary/aromatic N) is 1. The van der Waals surface area contributed by atoms with Crippen LogP contribution in [0.15, 0.2) is 48.9 Å². The van der Waals surface area contributed by atoms with Crippen molar-refractivity contribution in [3.05, 3.63) is 60.0 Å². The van der Waals surface area contributed by atoms with Crippen molar-refractivity contribution < 1.29 is 14.0 Å². The van der Waals surface area contributed by atoms with E-state index in [4.69, 9.17) is 4.43 Å². The third-order valence-corrected chi connectivity index (χ3v) is 13.3. The van der Waals surface area contributed by atoms with Crippen molar-refractivity contribution in [2.45, 2.75) is 70.5 Å². The molecule has 4 rings (SSSR count). The highest BCUT2D eigenvalue weighted by Crippen LogP contribution is 2.60. The minimum Gasteiger partial charge on any atom is -0.546 e. The molecule has 5 heteroatoms. The van der Waals surface area contributed by atoms with Gasteiger partial charge in [-0.1, -0.05) is 52.8 Å². The van der Waals surface area contributed by atoms with Gasteiger partial charge in [0.15, 0.2) is 5.78 Å². The fourth-order valence-electron chi connectivity index (χ4n) is 5.55. The summed E-state index contributed by atoms with van der Waals surface area (Å²) < 4.78 is 9.02. The lowest BCUT2D eigenvalue weighted by Crippen LogP contribution is -2.59. The van der Waals surface area contributed by atoms with Gasteiger partial charge in [0.1, 0.15) is 11.7 Å². The maximum Gasteiger partial charge on any atom is 0.250 e. The van der Waals surface area contributed by atoms with Crippen LogP contribution in [0.1, 0.15) is 52.7 Å². The first-order valence-electron chi connectivity index (χ1n) is 11.7. The van der Waals surface area contributed by atoms with Crippen LogP contribution in [0.4, 0.5) is 0 Å². The van der Waals surface area contributed by atoms with Gasteiger partial charge >= 0.3 is 0 Å². The number of hydrogen-bond acceptors (Lipinski definition) is 3. The molecule has 0 saturated carbocycles. The Labute approximate surface area is 198 Å². The molecule has 0 spiro atoms. The molecule has 176 valence electrons. The monoisotopic (exact) mass is 463 g/mol. The van der Waals surface area contributed by atoms with Crippen molar-refractivity contribution in [1.82, 2.24) is 4.57 Å². The molecule has 0 saturated heterocycles. The van der Waals surface area contributed by atoms with E-state index in [0.717, 1.165) is 28.3 Å². The van der Waals surface area contributed by atoms with Crippen molar-refractivity contribution in [1.29, 1.82) is 0 Å². The summed E-state index contributed by atoms with van der Waals surface area (Å²) in [5, 5.41) is 0.972. The second-order valence-corrected chi connectivity index (χ2v) is 16.9. The van der Waals surface area contributed by atoms with Gasteiger partial charge in [0.05, 0.1) is 11.2 Å². The van der Waals surface area contributed by atoms with E-state index in [1.54, 1.807) is 6.08 Å². The Bertz CT molecular complexity index is 1230. The lowest BCUT2D eigenvalue weighted by molar-refractivity contribution is -0.138. The average Bonchev–Trinajstić information content (AvgIpc) is 3.05. The molecule has 2 aliphatic rings. The second-order valence-electron chi connectivity index (χ2n) is 12.1. The Kier molecular flexibility index (Phi) is 4.90. The number of aldehydes is 1. The van der Waals surface area contributed by atoms with Gasteiger partial charge in [-0.25, -0.2) is 0 Å². The highest BCUT2D eigenvalue weighted by atomic mass is 28.4. The van der Waals surface area contributed by atoms with Gasteiger partial charge < -0.3 is 13.8 Å². The maximum absolute atomic E-state index is 14.4. The normalized spacial score (nSPS) is 28.8. The first-order chi connectivity index (χ1) is 15.1. The summed E-state index contributed by atoms with van der Waals surface area (Å²) in [7, 11) is -0.238. The molecule has 4 nitrogen and oxygen atoms in total. The van der Waals surface area contributed by atoms with Crippen molar-refractivity contribution in [3.63, 3.8) is 0 Å². The van der Waals surface area contributed by atoms with E-state index in [-0.39, 0.29) is 10.8 Å². The molecule has 0 radical (unpaired) electrons. The Hall–Kier alpha value is -2.40. The molecular formula is C28H37NO3Si. The number of hydrogen-bond donors (Lipinski definition) is 0. The first kappa shape index (κ1) is 23.7. The van der Waals surface area contributed by atoms with Crippen molar-refractivity contribution in [2.75, 3.05) is 0 Å². The van der Waals surface area contributed by atoms with Gasteiger partial charge in [-0.15, -0.1) is 6.58 Å². The standard InChI is InChI=1S/C28H37NO3Si/c1-11-27(7)22(32-33(9,10)25(2,3)4)15-19-24(31)28(27,17-30)18-13-12-14-21-23(18)20(16-29(21)8)26(19,5)6/h11-17,19H,1H2,2-10H3/t19-,27+,28-/m0/s1. The third kappa shape index (κ3) is 2.75. The van der Waals surface area contributed by atoms with Crippen LogP contribution in [0.25, 0.3) is 10.9 Å². The number of allylic oxidation sites excluding steroid dienone is 2. The number of aryl methyl sites for hydroxylation is 1. The van der Waals surface area contributed by atoms with Crippen molar-refractivity contribution in [2.24, 2.45) is 18.4 Å². The van der Waals surface area contributed by atoms with Crippen LogP contribution >= 0.6 is 0 Å². The summed E-state index contributed by atoms with van der Waals surface area (Å²) in [5.41, 5.74) is -0.0426. The largest absolute Gasteiger partial charge is 0.546 e. The van der Waals surface area contributed by atoms with Gasteiger partial charge in [-0.3, -0.25) is 4.79 Å². The molecule has 2 aromatic rings. The predicted octanol–water partition coefficient (Wildman–Crippen LogP) is 6.20. The zero-order valence-corrected chi connectivity index (χ0v) is 22.5. The van der Waals surface area contributed by atoms with E-state index in [9.17, 15) is 9.59 Å². The number of aromatic nitrogens is 1. The van der Waals surface area contributed by atoms with Gasteiger partial charge in [0.25, 0.3) is 0 Å². The second kappa shape index (κ2) is 6.81. The highest BCUT2D eigenvalue weighted by molar-refractivity contribution is 6.74. The molecule has 0 N–H and O–H groups in total. The summed E-state index contributed by atoms with van der Waals surface area (Å²) in [5.74, 6) is 0.146. The minimum atomic E-state index is -2.26. The van der Waals surface area contributed by atoms with Gasteiger partial charge in [0.2, 0.25) is 8.32 Å². The van der Waals surface area contributed by atoms with Crippen LogP contribution in [0.2, 0.25) is 18.1 Å². The zero-order valence-electron chi connectivity index (χ0n) is 21.5. The van der Waals surface area contributed by atoms with Crippen LogP contribution in [0.3, 0.4) is 0 Å². The van der Waals surface area contributed by atoms with E-state index in [0.29, 0.717) is 5.76 Å². The molecule has 33 heavy (non-hydrogen) atoms. The molecule has 2 bridgehead atoms. The Balaban J connectivity index is 2.15. The van der Waals surface area contributed by atoms with Crippen LogP contribution in [-0.4, -0.2) is 25.0 Å². The molecule has 1 aromatic carbocycles. The lowest BCUT2D eigenvalue weighted by atomic mass is 9.52. The van der Waals surface area contributed by atoms with E-state index in [1.165, 1.54) is 0 Å². The summed E-state index contributed by atoms with van der Waals surface area (Å²) >= 11 is 0. The van der Waals surface area contributed by atoms with Crippen LogP contribution in [-0.2, 0) is 31.9 Å². The number of fused-ring (bicyclic) bond motifs is 3. The van der Waals surface area contributed by atoms with E-state index >= 15 is 0 Å². The molecule has 0 aliphatic heterocycles. The number of benzene rings is 1. The molecule has 2 aliphatic carbocycles. The predicted molar refractivity (Wildman–Crippen MR) is 137 cm³/mol. The molecule has 3 atom stereocenters. The average molecular weight is 464 g/mol. The quantitative estimate of drug-likeness (QED) is 0.235. The fraction of sp³-hybridized carbons (Fsp3) is 0.500.